The Labute approximate surface area is 163 Å². The molecule has 27 heavy (non-hydrogen) atoms. The third-order valence-electron chi connectivity index (χ3n) is 6.47. The topological polar surface area (TPSA) is 87.9 Å². The lowest BCUT2D eigenvalue weighted by Gasteiger charge is -2.33. The molecule has 1 aliphatic carbocycles. The maximum Gasteiger partial charge on any atom is 0.236 e. The summed E-state index contributed by atoms with van der Waals surface area (Å²) < 4.78 is 28.8. The maximum atomic E-state index is 13.0. The van der Waals surface area contributed by atoms with Crippen LogP contribution in [0.2, 0.25) is 0 Å². The van der Waals surface area contributed by atoms with Gasteiger partial charge in [0.1, 0.15) is 10.5 Å². The Morgan fingerprint density at radius 3 is 2.30 bits per heavy atom. The quantitative estimate of drug-likeness (QED) is 0.729. The first-order valence-electron chi connectivity index (χ1n) is 9.45. The molecule has 1 heterocycles. The Bertz CT molecular complexity index is 691. The highest BCUT2D eigenvalue weighted by molar-refractivity contribution is 7.87. The van der Waals surface area contributed by atoms with E-state index in [2.05, 4.69) is 13.8 Å². The molecule has 3 unspecified atom stereocenters. The normalized spacial score (nSPS) is 30.5. The summed E-state index contributed by atoms with van der Waals surface area (Å²) in [5, 5.41) is 0. The Kier molecular flexibility index (Phi) is 5.93. The molecule has 1 saturated carbocycles. The van der Waals surface area contributed by atoms with Crippen molar-refractivity contribution in [1.82, 2.24) is 0 Å². The summed E-state index contributed by atoms with van der Waals surface area (Å²) in [6, 6.07) is 7.08. The van der Waals surface area contributed by atoms with Gasteiger partial charge in [0.2, 0.25) is 5.91 Å². The van der Waals surface area contributed by atoms with Gasteiger partial charge < -0.3 is 19.9 Å². The first kappa shape index (κ1) is 20.3. The number of amides is 1. The number of ether oxygens (including phenoxy) is 3. The molecule has 6 nitrogen and oxygen atoms in total. The fourth-order valence-corrected chi connectivity index (χ4v) is 5.75. The Morgan fingerprint density at radius 2 is 1.81 bits per heavy atom. The van der Waals surface area contributed by atoms with Gasteiger partial charge in [-0.3, -0.25) is 9.00 Å². The van der Waals surface area contributed by atoms with Crippen LogP contribution in [-0.2, 0) is 25.1 Å². The number of methoxy groups -OCH3 is 1. The number of carbonyl (C=O) groups excluding carboxylic acids is 1. The molecule has 0 spiro atoms. The lowest BCUT2D eigenvalue weighted by Crippen LogP contribution is -2.51. The van der Waals surface area contributed by atoms with E-state index in [0.29, 0.717) is 55.1 Å². The molecule has 150 valence electrons. The van der Waals surface area contributed by atoms with E-state index in [1.54, 1.807) is 31.4 Å². The van der Waals surface area contributed by atoms with Gasteiger partial charge in [-0.25, -0.2) is 0 Å². The number of rotatable bonds is 8. The van der Waals surface area contributed by atoms with Gasteiger partial charge >= 0.3 is 0 Å². The molecule has 1 saturated heterocycles. The monoisotopic (exact) mass is 395 g/mol. The summed E-state index contributed by atoms with van der Waals surface area (Å²) in [5.41, 5.74) is 5.52. The molecule has 1 aromatic rings. The summed E-state index contributed by atoms with van der Waals surface area (Å²) in [6.07, 6.45) is 1.59. The molecule has 7 heteroatoms. The number of hydrogen-bond acceptors (Lipinski definition) is 5. The van der Waals surface area contributed by atoms with E-state index in [9.17, 15) is 9.00 Å². The van der Waals surface area contributed by atoms with Crippen molar-refractivity contribution in [2.45, 2.75) is 48.4 Å². The van der Waals surface area contributed by atoms with Crippen molar-refractivity contribution in [1.29, 1.82) is 0 Å². The first-order chi connectivity index (χ1) is 12.9. The second-order valence-corrected chi connectivity index (χ2v) is 9.34. The van der Waals surface area contributed by atoms with Crippen LogP contribution in [0.4, 0.5) is 0 Å². The fourth-order valence-electron chi connectivity index (χ4n) is 4.19. The van der Waals surface area contributed by atoms with Crippen LogP contribution in [0.3, 0.4) is 0 Å². The zero-order valence-corrected chi connectivity index (χ0v) is 17.1. The van der Waals surface area contributed by atoms with Gasteiger partial charge in [0.15, 0.2) is 0 Å². The fraction of sp³-hybridized carbons (Fsp3) is 0.650. The van der Waals surface area contributed by atoms with Gasteiger partial charge in [0.05, 0.1) is 23.0 Å². The van der Waals surface area contributed by atoms with Gasteiger partial charge in [-0.1, -0.05) is 13.8 Å². The van der Waals surface area contributed by atoms with Gasteiger partial charge in [-0.05, 0) is 48.9 Å². The van der Waals surface area contributed by atoms with Crippen molar-refractivity contribution in [3.63, 3.8) is 0 Å². The standard InChI is InChI=1S/C20H29NO5S/c1-14-15(2)20(14,24-3)10-13-26-16-4-6-17(7-5-16)27(23)19(18(21)22)8-11-25-12-9-19/h4-7,14-15H,8-13H2,1-3H3,(H2,21,22). The second-order valence-electron chi connectivity index (χ2n) is 7.55. The predicted molar refractivity (Wildman–Crippen MR) is 103 cm³/mol. The van der Waals surface area contributed by atoms with Gasteiger partial charge in [0, 0.05) is 31.6 Å². The number of hydrogen-bond donors (Lipinski definition) is 1. The van der Waals surface area contributed by atoms with Crippen molar-refractivity contribution in [2.24, 2.45) is 17.6 Å². The van der Waals surface area contributed by atoms with E-state index in [-0.39, 0.29) is 5.60 Å². The number of primary amides is 1. The van der Waals surface area contributed by atoms with E-state index >= 15 is 0 Å². The van der Waals surface area contributed by atoms with Gasteiger partial charge in [0.25, 0.3) is 0 Å². The van der Waals surface area contributed by atoms with Crippen molar-refractivity contribution in [3.8, 4) is 5.75 Å². The predicted octanol–water partition coefficient (Wildman–Crippen LogP) is 2.27. The Balaban J connectivity index is 1.61. The lowest BCUT2D eigenvalue weighted by molar-refractivity contribution is -0.122. The number of carbonyl (C=O) groups is 1. The summed E-state index contributed by atoms with van der Waals surface area (Å²) in [7, 11) is 0.241. The molecule has 2 aliphatic rings. The van der Waals surface area contributed by atoms with E-state index in [1.807, 2.05) is 0 Å². The van der Waals surface area contributed by atoms with Crippen molar-refractivity contribution in [2.75, 3.05) is 26.9 Å². The third-order valence-corrected chi connectivity index (χ3v) is 8.49. The minimum absolute atomic E-state index is 0.0711. The number of benzene rings is 1. The summed E-state index contributed by atoms with van der Waals surface area (Å²) >= 11 is 0. The Hall–Kier alpha value is -1.44. The minimum Gasteiger partial charge on any atom is -0.493 e. The van der Waals surface area contributed by atoms with Crippen LogP contribution in [0.15, 0.2) is 29.2 Å². The molecule has 1 aliphatic heterocycles. The number of nitrogens with two attached hydrogens (primary N) is 1. The van der Waals surface area contributed by atoms with Crippen LogP contribution in [0, 0.1) is 11.8 Å². The van der Waals surface area contributed by atoms with Crippen LogP contribution in [0.5, 0.6) is 5.75 Å². The van der Waals surface area contributed by atoms with Crippen LogP contribution < -0.4 is 10.5 Å². The smallest absolute Gasteiger partial charge is 0.236 e. The second kappa shape index (κ2) is 7.89. The van der Waals surface area contributed by atoms with E-state index in [1.165, 1.54) is 0 Å². The zero-order valence-electron chi connectivity index (χ0n) is 16.2. The van der Waals surface area contributed by atoms with E-state index in [0.717, 1.165) is 6.42 Å². The summed E-state index contributed by atoms with van der Waals surface area (Å²) in [4.78, 5) is 12.6. The van der Waals surface area contributed by atoms with E-state index in [4.69, 9.17) is 19.9 Å². The maximum absolute atomic E-state index is 13.0. The Morgan fingerprint density at radius 1 is 1.22 bits per heavy atom. The molecule has 3 atom stereocenters. The van der Waals surface area contributed by atoms with Crippen molar-refractivity contribution in [3.05, 3.63) is 24.3 Å². The highest BCUT2D eigenvalue weighted by atomic mass is 32.2. The van der Waals surface area contributed by atoms with Crippen LogP contribution in [-0.4, -0.2) is 47.4 Å². The average molecular weight is 396 g/mol. The molecule has 1 amide bonds. The summed E-state index contributed by atoms with van der Waals surface area (Å²) in [5.74, 6) is 1.27. The minimum atomic E-state index is -1.52. The first-order valence-corrected chi connectivity index (χ1v) is 10.6. The average Bonchev–Trinajstić information content (AvgIpc) is 3.21. The molecule has 0 bridgehead atoms. The molecule has 2 fully saturated rings. The molecule has 1 aromatic carbocycles. The largest absolute Gasteiger partial charge is 0.493 e. The van der Waals surface area contributed by atoms with E-state index < -0.39 is 21.5 Å². The molecule has 3 rings (SSSR count). The molecular weight excluding hydrogens is 366 g/mol. The molecule has 2 N–H and O–H groups in total. The van der Waals surface area contributed by atoms with Gasteiger partial charge in [-0.2, -0.15) is 0 Å². The molecule has 0 radical (unpaired) electrons. The van der Waals surface area contributed by atoms with Crippen LogP contribution >= 0.6 is 0 Å². The molecular formula is C20H29NO5S. The van der Waals surface area contributed by atoms with Crippen molar-refractivity contribution < 1.29 is 23.2 Å². The highest BCUT2D eigenvalue weighted by Crippen LogP contribution is 2.54. The van der Waals surface area contributed by atoms with Gasteiger partial charge in [-0.15, -0.1) is 0 Å². The van der Waals surface area contributed by atoms with Crippen molar-refractivity contribution >= 4 is 16.7 Å². The summed E-state index contributed by atoms with van der Waals surface area (Å²) in [6.45, 7) is 5.75. The van der Waals surface area contributed by atoms with Crippen LogP contribution in [0.25, 0.3) is 0 Å². The third kappa shape index (κ3) is 3.65. The highest BCUT2D eigenvalue weighted by Gasteiger charge is 2.59. The van der Waals surface area contributed by atoms with Crippen LogP contribution in [0.1, 0.15) is 33.1 Å². The lowest BCUT2D eigenvalue weighted by atomic mass is 9.98. The zero-order chi connectivity index (χ0) is 19.7. The molecule has 0 aromatic heterocycles. The SMILES string of the molecule is COC1(CCOc2ccc(S(=O)C3(C(N)=O)CCOCC3)cc2)C(C)C1C.